The van der Waals surface area contributed by atoms with Crippen LogP contribution in [0.2, 0.25) is 0 Å². The number of hydrogen-bond acceptors (Lipinski definition) is 5. The summed E-state index contributed by atoms with van der Waals surface area (Å²) in [6.45, 7) is 7.05. The Labute approximate surface area is 185 Å². The quantitative estimate of drug-likeness (QED) is 0.714. The monoisotopic (exact) mass is 428 g/mol. The molecule has 1 saturated heterocycles. The van der Waals surface area contributed by atoms with Crippen molar-refractivity contribution in [3.8, 4) is 0 Å². The molecular formula is C24H36N4O3. The number of aryl methyl sites for hydroxylation is 1. The van der Waals surface area contributed by atoms with E-state index in [1.54, 1.807) is 21.0 Å². The first-order valence-corrected chi connectivity index (χ1v) is 11.9. The van der Waals surface area contributed by atoms with Crippen LogP contribution in [0.5, 0.6) is 0 Å². The summed E-state index contributed by atoms with van der Waals surface area (Å²) >= 11 is 0. The van der Waals surface area contributed by atoms with E-state index >= 15 is 0 Å². The van der Waals surface area contributed by atoms with E-state index in [0.717, 1.165) is 36.5 Å². The van der Waals surface area contributed by atoms with Gasteiger partial charge in [0.05, 0.1) is 6.04 Å². The number of fused-ring (bicyclic) bond motifs is 1. The van der Waals surface area contributed by atoms with E-state index in [1.165, 1.54) is 32.1 Å². The third-order valence-electron chi connectivity index (χ3n) is 7.36. The first kappa shape index (κ1) is 22.2. The Kier molecular flexibility index (Phi) is 6.33. The van der Waals surface area contributed by atoms with Crippen molar-refractivity contribution in [2.24, 2.45) is 5.92 Å². The number of carbonyl (C=O) groups is 2. The summed E-state index contributed by atoms with van der Waals surface area (Å²) in [6.07, 6.45) is 9.16. The molecule has 1 atom stereocenters. The van der Waals surface area contributed by atoms with E-state index < -0.39 is 5.60 Å². The van der Waals surface area contributed by atoms with Gasteiger partial charge in [0.25, 0.3) is 5.91 Å². The summed E-state index contributed by atoms with van der Waals surface area (Å²) in [6, 6.07) is -0.167. The Morgan fingerprint density at radius 1 is 1.10 bits per heavy atom. The smallest absolute Gasteiger partial charge is 0.254 e. The van der Waals surface area contributed by atoms with Crippen LogP contribution >= 0.6 is 0 Å². The maximum absolute atomic E-state index is 13.1. The number of hydrogen-bond donors (Lipinski definition) is 0. The molecule has 31 heavy (non-hydrogen) atoms. The third-order valence-corrected chi connectivity index (χ3v) is 7.36. The van der Waals surface area contributed by atoms with Gasteiger partial charge < -0.3 is 9.64 Å². The number of rotatable bonds is 5. The van der Waals surface area contributed by atoms with Crippen molar-refractivity contribution in [1.29, 1.82) is 0 Å². The second kappa shape index (κ2) is 8.85. The van der Waals surface area contributed by atoms with Gasteiger partial charge in [-0.05, 0) is 58.8 Å². The molecule has 1 saturated carbocycles. The Bertz CT molecular complexity index is 847. The molecule has 2 amide bonds. The Morgan fingerprint density at radius 2 is 1.84 bits per heavy atom. The molecule has 7 nitrogen and oxygen atoms in total. The molecule has 3 aliphatic rings. The standard InChI is InChI=1S/C24H36N4O3/c1-16-18-12-13-20(29)28(15-17-9-6-5-7-10-17)22(18)26-21(25-16)19-11-8-14-27(19)23(30)24(2,3)31-4/h17,19H,5-15H2,1-4H3/t19-/m1/s1. The third kappa shape index (κ3) is 4.34. The molecule has 0 unspecified atom stereocenters. The fourth-order valence-electron chi connectivity index (χ4n) is 5.28. The highest BCUT2D eigenvalue weighted by Gasteiger charge is 2.40. The number of aromatic nitrogens is 2. The molecule has 0 bridgehead atoms. The van der Waals surface area contributed by atoms with E-state index in [-0.39, 0.29) is 17.9 Å². The van der Waals surface area contributed by atoms with Crippen molar-refractivity contribution < 1.29 is 14.3 Å². The molecule has 7 heteroatoms. The molecular weight excluding hydrogens is 392 g/mol. The molecule has 0 aromatic carbocycles. The van der Waals surface area contributed by atoms with Crippen molar-refractivity contribution in [1.82, 2.24) is 14.9 Å². The molecule has 0 N–H and O–H groups in total. The van der Waals surface area contributed by atoms with Gasteiger partial charge >= 0.3 is 0 Å². The maximum Gasteiger partial charge on any atom is 0.254 e. The first-order chi connectivity index (χ1) is 14.8. The Morgan fingerprint density at radius 3 is 2.55 bits per heavy atom. The Balaban J connectivity index is 1.65. The van der Waals surface area contributed by atoms with Crippen LogP contribution in [-0.2, 0) is 20.7 Å². The van der Waals surface area contributed by atoms with Gasteiger partial charge in [0.1, 0.15) is 11.4 Å². The molecule has 170 valence electrons. The van der Waals surface area contributed by atoms with Crippen molar-refractivity contribution in [2.45, 2.75) is 90.2 Å². The van der Waals surface area contributed by atoms with Crippen LogP contribution in [0.15, 0.2) is 0 Å². The van der Waals surface area contributed by atoms with Crippen LogP contribution in [0, 0.1) is 12.8 Å². The second-order valence-electron chi connectivity index (χ2n) is 9.85. The van der Waals surface area contributed by atoms with E-state index in [2.05, 4.69) is 0 Å². The average molecular weight is 429 g/mol. The second-order valence-corrected chi connectivity index (χ2v) is 9.85. The zero-order chi connectivity index (χ0) is 22.2. The summed E-state index contributed by atoms with van der Waals surface area (Å²) in [5, 5.41) is 0. The number of ether oxygens (including phenoxy) is 1. The number of anilines is 1. The minimum Gasteiger partial charge on any atom is -0.369 e. The van der Waals surface area contributed by atoms with Gasteiger partial charge in [-0.1, -0.05) is 19.3 Å². The summed E-state index contributed by atoms with van der Waals surface area (Å²) in [5.41, 5.74) is 1.15. The van der Waals surface area contributed by atoms with Crippen LogP contribution in [0.1, 0.15) is 88.3 Å². The van der Waals surface area contributed by atoms with Gasteiger partial charge in [-0.2, -0.15) is 0 Å². The largest absolute Gasteiger partial charge is 0.369 e. The lowest BCUT2D eigenvalue weighted by molar-refractivity contribution is -0.152. The highest BCUT2D eigenvalue weighted by Crippen LogP contribution is 2.37. The minimum absolute atomic E-state index is 0.0355. The normalized spacial score (nSPS) is 22.7. The van der Waals surface area contributed by atoms with E-state index in [9.17, 15) is 9.59 Å². The highest BCUT2D eigenvalue weighted by atomic mass is 16.5. The van der Waals surface area contributed by atoms with Gasteiger partial charge in [-0.25, -0.2) is 9.97 Å². The summed E-state index contributed by atoms with van der Waals surface area (Å²) in [7, 11) is 1.57. The average Bonchev–Trinajstić information content (AvgIpc) is 3.25. The molecule has 2 aliphatic heterocycles. The SMILES string of the molecule is COC(C)(C)C(=O)N1CCC[C@@H]1c1nc(C)c2c(n1)N(CC1CCCCC1)C(=O)CC2. The molecule has 0 radical (unpaired) electrons. The van der Waals surface area contributed by atoms with Gasteiger partial charge in [0.2, 0.25) is 5.91 Å². The predicted octanol–water partition coefficient (Wildman–Crippen LogP) is 3.73. The van der Waals surface area contributed by atoms with Gasteiger partial charge in [0.15, 0.2) is 5.82 Å². The molecule has 0 spiro atoms. The van der Waals surface area contributed by atoms with Gasteiger partial charge in [-0.3, -0.25) is 14.5 Å². The van der Waals surface area contributed by atoms with Crippen LogP contribution < -0.4 is 4.90 Å². The van der Waals surface area contributed by atoms with E-state index in [4.69, 9.17) is 14.7 Å². The number of nitrogens with zero attached hydrogens (tertiary/aromatic N) is 4. The lowest BCUT2D eigenvalue weighted by Gasteiger charge is -2.35. The molecule has 4 rings (SSSR count). The zero-order valence-electron chi connectivity index (χ0n) is 19.4. The fraction of sp³-hybridized carbons (Fsp3) is 0.750. The van der Waals surface area contributed by atoms with Crippen LogP contribution in [0.4, 0.5) is 5.82 Å². The van der Waals surface area contributed by atoms with Crippen LogP contribution in [0.3, 0.4) is 0 Å². The zero-order valence-corrected chi connectivity index (χ0v) is 19.4. The molecule has 1 aromatic heterocycles. The lowest BCUT2D eigenvalue weighted by atomic mass is 9.88. The number of likely N-dealkylation sites (tertiary alicyclic amines) is 1. The van der Waals surface area contributed by atoms with E-state index in [0.29, 0.717) is 31.1 Å². The molecule has 2 fully saturated rings. The fourth-order valence-corrected chi connectivity index (χ4v) is 5.28. The van der Waals surface area contributed by atoms with Gasteiger partial charge in [0, 0.05) is 37.9 Å². The number of methoxy groups -OCH3 is 1. The first-order valence-electron chi connectivity index (χ1n) is 11.9. The van der Waals surface area contributed by atoms with Crippen molar-refractivity contribution in [2.75, 3.05) is 25.1 Å². The highest BCUT2D eigenvalue weighted by molar-refractivity contribution is 5.95. The molecule has 1 aliphatic carbocycles. The summed E-state index contributed by atoms with van der Waals surface area (Å²) in [4.78, 5) is 39.6. The lowest BCUT2D eigenvalue weighted by Crippen LogP contribution is -2.46. The summed E-state index contributed by atoms with van der Waals surface area (Å²) in [5.74, 6) is 2.13. The van der Waals surface area contributed by atoms with E-state index in [1.807, 2.05) is 16.7 Å². The predicted molar refractivity (Wildman–Crippen MR) is 119 cm³/mol. The maximum atomic E-state index is 13.1. The minimum atomic E-state index is -0.880. The van der Waals surface area contributed by atoms with Crippen molar-refractivity contribution >= 4 is 17.6 Å². The summed E-state index contributed by atoms with van der Waals surface area (Å²) < 4.78 is 5.44. The van der Waals surface area contributed by atoms with Gasteiger partial charge in [-0.15, -0.1) is 0 Å². The van der Waals surface area contributed by atoms with Crippen molar-refractivity contribution in [3.63, 3.8) is 0 Å². The Hall–Kier alpha value is -2.02. The van der Waals surface area contributed by atoms with Crippen molar-refractivity contribution in [3.05, 3.63) is 17.1 Å². The molecule has 1 aromatic rings. The topological polar surface area (TPSA) is 75.6 Å². The number of carbonyl (C=O) groups excluding carboxylic acids is 2. The van der Waals surface area contributed by atoms with Crippen LogP contribution in [0.25, 0.3) is 0 Å². The number of amides is 2. The molecule has 3 heterocycles. The van der Waals surface area contributed by atoms with Crippen LogP contribution in [-0.4, -0.2) is 52.5 Å².